The normalized spacial score (nSPS) is 23.0. The van der Waals surface area contributed by atoms with Crippen molar-refractivity contribution in [3.8, 4) is 0 Å². The molecule has 0 spiro atoms. The SMILES string of the molecule is CCC1CN(C)CCCN1CC(N)c1ccc(C)cc1C. The molecule has 2 N–H and O–H groups in total. The van der Waals surface area contributed by atoms with E-state index in [2.05, 4.69) is 55.8 Å². The van der Waals surface area contributed by atoms with E-state index in [4.69, 9.17) is 5.73 Å². The van der Waals surface area contributed by atoms with Crippen LogP contribution in [0, 0.1) is 13.8 Å². The topological polar surface area (TPSA) is 32.5 Å². The number of benzene rings is 1. The van der Waals surface area contributed by atoms with Gasteiger partial charge in [0.1, 0.15) is 0 Å². The maximum Gasteiger partial charge on any atom is 0.0427 e. The summed E-state index contributed by atoms with van der Waals surface area (Å²) in [6.07, 6.45) is 2.44. The van der Waals surface area contributed by atoms with Crippen molar-refractivity contribution in [3.05, 3.63) is 34.9 Å². The summed E-state index contributed by atoms with van der Waals surface area (Å²) < 4.78 is 0. The highest BCUT2D eigenvalue weighted by Gasteiger charge is 2.24. The molecule has 1 aromatic rings. The van der Waals surface area contributed by atoms with E-state index in [0.29, 0.717) is 6.04 Å². The summed E-state index contributed by atoms with van der Waals surface area (Å²) in [7, 11) is 2.23. The van der Waals surface area contributed by atoms with Crippen LogP contribution in [-0.2, 0) is 0 Å². The first kappa shape index (κ1) is 16.5. The van der Waals surface area contributed by atoms with Crippen LogP contribution in [0.25, 0.3) is 0 Å². The second-order valence-corrected chi connectivity index (χ2v) is 6.64. The van der Waals surface area contributed by atoms with Gasteiger partial charge in [0.15, 0.2) is 0 Å². The summed E-state index contributed by atoms with van der Waals surface area (Å²) in [5, 5.41) is 0. The maximum atomic E-state index is 6.52. The van der Waals surface area contributed by atoms with Crippen molar-refractivity contribution in [2.45, 2.75) is 45.7 Å². The Labute approximate surface area is 130 Å². The quantitative estimate of drug-likeness (QED) is 0.925. The minimum absolute atomic E-state index is 0.114. The number of hydrogen-bond donors (Lipinski definition) is 1. The zero-order valence-corrected chi connectivity index (χ0v) is 14.1. The molecule has 0 saturated carbocycles. The predicted octanol–water partition coefficient (Wildman–Crippen LogP) is 2.72. The monoisotopic (exact) mass is 289 g/mol. The molecule has 2 rings (SSSR count). The van der Waals surface area contributed by atoms with E-state index in [1.807, 2.05) is 0 Å². The summed E-state index contributed by atoms with van der Waals surface area (Å²) in [5.74, 6) is 0. The Kier molecular flexibility index (Phi) is 5.80. The van der Waals surface area contributed by atoms with Gasteiger partial charge in [-0.15, -0.1) is 0 Å². The standard InChI is InChI=1S/C18H31N3/c1-5-16-12-20(4)9-6-10-21(16)13-18(19)17-8-7-14(2)11-15(17)3/h7-8,11,16,18H,5-6,9-10,12-13,19H2,1-4H3. The molecule has 1 aromatic carbocycles. The van der Waals surface area contributed by atoms with Crippen LogP contribution in [0.1, 0.15) is 42.5 Å². The Balaban J connectivity index is 2.07. The first-order chi connectivity index (χ1) is 10.0. The first-order valence-corrected chi connectivity index (χ1v) is 8.26. The molecule has 1 fully saturated rings. The second-order valence-electron chi connectivity index (χ2n) is 6.64. The lowest BCUT2D eigenvalue weighted by Gasteiger charge is -2.32. The van der Waals surface area contributed by atoms with Crippen molar-refractivity contribution >= 4 is 0 Å². The number of hydrogen-bond acceptors (Lipinski definition) is 3. The third-order valence-corrected chi connectivity index (χ3v) is 4.75. The summed E-state index contributed by atoms with van der Waals surface area (Å²) in [4.78, 5) is 5.06. The lowest BCUT2D eigenvalue weighted by atomic mass is 9.99. The Morgan fingerprint density at radius 1 is 1.29 bits per heavy atom. The van der Waals surface area contributed by atoms with Crippen molar-refractivity contribution < 1.29 is 0 Å². The fourth-order valence-electron chi connectivity index (χ4n) is 3.51. The number of likely N-dealkylation sites (N-methyl/N-ethyl adjacent to an activating group) is 1. The summed E-state index contributed by atoms with van der Waals surface area (Å²) in [6.45, 7) is 11.1. The Morgan fingerprint density at radius 2 is 2.05 bits per heavy atom. The van der Waals surface area contributed by atoms with Crippen LogP contribution in [0.5, 0.6) is 0 Å². The van der Waals surface area contributed by atoms with Gasteiger partial charge in [-0.25, -0.2) is 0 Å². The van der Waals surface area contributed by atoms with Crippen molar-refractivity contribution in [2.75, 3.05) is 33.2 Å². The molecule has 0 amide bonds. The average molecular weight is 289 g/mol. The first-order valence-electron chi connectivity index (χ1n) is 8.26. The van der Waals surface area contributed by atoms with Crippen LogP contribution >= 0.6 is 0 Å². The smallest absolute Gasteiger partial charge is 0.0427 e. The van der Waals surface area contributed by atoms with E-state index in [9.17, 15) is 0 Å². The fourth-order valence-corrected chi connectivity index (χ4v) is 3.51. The van der Waals surface area contributed by atoms with Crippen LogP contribution in [0.2, 0.25) is 0 Å². The van der Waals surface area contributed by atoms with Gasteiger partial charge in [0, 0.05) is 25.2 Å². The van der Waals surface area contributed by atoms with Crippen LogP contribution < -0.4 is 5.73 Å². The molecule has 21 heavy (non-hydrogen) atoms. The second kappa shape index (κ2) is 7.39. The molecule has 1 saturated heterocycles. The van der Waals surface area contributed by atoms with Crippen molar-refractivity contribution in [1.29, 1.82) is 0 Å². The van der Waals surface area contributed by atoms with Gasteiger partial charge in [-0.3, -0.25) is 4.90 Å². The van der Waals surface area contributed by atoms with Gasteiger partial charge in [-0.05, 0) is 58.0 Å². The van der Waals surface area contributed by atoms with Crippen LogP contribution in [0.4, 0.5) is 0 Å². The molecule has 2 atom stereocenters. The summed E-state index contributed by atoms with van der Waals surface area (Å²) in [6, 6.07) is 7.37. The molecule has 3 nitrogen and oxygen atoms in total. The Morgan fingerprint density at radius 3 is 2.71 bits per heavy atom. The highest BCUT2D eigenvalue weighted by atomic mass is 15.2. The molecule has 0 aromatic heterocycles. The van der Waals surface area contributed by atoms with Gasteiger partial charge in [-0.1, -0.05) is 30.7 Å². The van der Waals surface area contributed by atoms with Crippen LogP contribution in [-0.4, -0.2) is 49.1 Å². The van der Waals surface area contributed by atoms with Crippen LogP contribution in [0.15, 0.2) is 18.2 Å². The van der Waals surface area contributed by atoms with Gasteiger partial charge in [-0.2, -0.15) is 0 Å². The van der Waals surface area contributed by atoms with E-state index >= 15 is 0 Å². The molecular formula is C18H31N3. The molecule has 1 aliphatic rings. The molecule has 1 heterocycles. The van der Waals surface area contributed by atoms with Gasteiger partial charge < -0.3 is 10.6 Å². The van der Waals surface area contributed by atoms with Crippen LogP contribution in [0.3, 0.4) is 0 Å². The summed E-state index contributed by atoms with van der Waals surface area (Å²) >= 11 is 0. The van der Waals surface area contributed by atoms with E-state index in [1.54, 1.807) is 0 Å². The molecular weight excluding hydrogens is 258 g/mol. The third kappa shape index (κ3) is 4.29. The minimum atomic E-state index is 0.114. The molecule has 1 aliphatic heterocycles. The molecule has 3 heteroatoms. The fraction of sp³-hybridized carbons (Fsp3) is 0.667. The maximum absolute atomic E-state index is 6.52. The van der Waals surface area contributed by atoms with Crippen molar-refractivity contribution in [3.63, 3.8) is 0 Å². The minimum Gasteiger partial charge on any atom is -0.323 e. The van der Waals surface area contributed by atoms with Crippen molar-refractivity contribution in [1.82, 2.24) is 9.80 Å². The molecule has 0 radical (unpaired) electrons. The Hall–Kier alpha value is -0.900. The highest BCUT2D eigenvalue weighted by molar-refractivity contribution is 5.32. The molecule has 0 aliphatic carbocycles. The lowest BCUT2D eigenvalue weighted by molar-refractivity contribution is 0.174. The van der Waals surface area contributed by atoms with Gasteiger partial charge in [0.25, 0.3) is 0 Å². The number of aryl methyl sites for hydroxylation is 2. The number of rotatable bonds is 4. The average Bonchev–Trinajstić information content (AvgIpc) is 2.60. The Bertz CT molecular complexity index is 458. The molecule has 118 valence electrons. The van der Waals surface area contributed by atoms with E-state index in [-0.39, 0.29) is 6.04 Å². The van der Waals surface area contributed by atoms with Gasteiger partial charge >= 0.3 is 0 Å². The molecule has 0 bridgehead atoms. The van der Waals surface area contributed by atoms with Gasteiger partial charge in [0.05, 0.1) is 0 Å². The van der Waals surface area contributed by atoms with E-state index in [0.717, 1.165) is 13.1 Å². The van der Waals surface area contributed by atoms with Gasteiger partial charge in [0.2, 0.25) is 0 Å². The van der Waals surface area contributed by atoms with Crippen molar-refractivity contribution in [2.24, 2.45) is 5.73 Å². The zero-order chi connectivity index (χ0) is 15.4. The summed E-state index contributed by atoms with van der Waals surface area (Å²) in [5.41, 5.74) is 10.5. The zero-order valence-electron chi connectivity index (χ0n) is 14.1. The largest absolute Gasteiger partial charge is 0.323 e. The van der Waals surface area contributed by atoms with E-state index in [1.165, 1.54) is 42.6 Å². The predicted molar refractivity (Wildman–Crippen MR) is 90.6 cm³/mol. The number of nitrogens with zero attached hydrogens (tertiary/aromatic N) is 2. The lowest BCUT2D eigenvalue weighted by Crippen LogP contribution is -2.43. The number of nitrogens with two attached hydrogens (primary N) is 1. The molecule has 2 unspecified atom stereocenters. The highest BCUT2D eigenvalue weighted by Crippen LogP contribution is 2.21. The van der Waals surface area contributed by atoms with E-state index < -0.39 is 0 Å². The third-order valence-electron chi connectivity index (χ3n) is 4.75.